The van der Waals surface area contributed by atoms with Crippen molar-refractivity contribution < 1.29 is 28.7 Å². The third-order valence-corrected chi connectivity index (χ3v) is 7.15. The zero-order chi connectivity index (χ0) is 25.9. The van der Waals surface area contributed by atoms with Crippen molar-refractivity contribution in [1.29, 1.82) is 0 Å². The van der Waals surface area contributed by atoms with Crippen LogP contribution in [0.25, 0.3) is 17.4 Å². The van der Waals surface area contributed by atoms with E-state index in [9.17, 15) is 24.3 Å². The van der Waals surface area contributed by atoms with Gasteiger partial charge in [-0.05, 0) is 42.1 Å². The number of furan rings is 1. The van der Waals surface area contributed by atoms with Crippen molar-refractivity contribution >= 4 is 46.5 Å². The van der Waals surface area contributed by atoms with E-state index in [0.717, 1.165) is 22.3 Å². The average molecular weight is 518 g/mol. The third kappa shape index (κ3) is 5.14. The van der Waals surface area contributed by atoms with Crippen molar-refractivity contribution in [2.24, 2.45) is 0 Å². The molecule has 5 rings (SSSR count). The van der Waals surface area contributed by atoms with E-state index >= 15 is 0 Å². The molecule has 10 heteroatoms. The Morgan fingerprint density at radius 2 is 1.62 bits per heavy atom. The number of hydrogen-bond acceptors (Lipinski definition) is 7. The molecule has 0 unspecified atom stereocenters. The number of imide groups is 1. The molecular weight excluding hydrogens is 494 g/mol. The molecule has 0 spiro atoms. The number of rotatable bonds is 6. The number of piperazine rings is 1. The Labute approximate surface area is 216 Å². The second-order valence-corrected chi connectivity index (χ2v) is 9.52. The van der Waals surface area contributed by atoms with Gasteiger partial charge in [0.25, 0.3) is 11.1 Å². The Morgan fingerprint density at radius 1 is 0.919 bits per heavy atom. The van der Waals surface area contributed by atoms with Gasteiger partial charge in [0.05, 0.1) is 10.5 Å². The van der Waals surface area contributed by atoms with Crippen molar-refractivity contribution in [1.82, 2.24) is 9.80 Å². The third-order valence-electron chi connectivity index (χ3n) is 6.24. The first kappa shape index (κ1) is 24.4. The van der Waals surface area contributed by atoms with E-state index in [4.69, 9.17) is 4.42 Å². The molecule has 1 aromatic heterocycles. The van der Waals surface area contributed by atoms with E-state index in [0.29, 0.717) is 43.3 Å². The summed E-state index contributed by atoms with van der Waals surface area (Å²) < 4.78 is 5.75. The topological polar surface area (TPSA) is 111 Å². The lowest BCUT2D eigenvalue weighted by Crippen LogP contribution is -2.51. The van der Waals surface area contributed by atoms with Gasteiger partial charge in [-0.2, -0.15) is 0 Å². The minimum absolute atomic E-state index is 0.0897. The number of para-hydroxylation sites is 1. The van der Waals surface area contributed by atoms with Crippen molar-refractivity contribution in [3.05, 3.63) is 83.0 Å². The van der Waals surface area contributed by atoms with Gasteiger partial charge in [0.15, 0.2) is 0 Å². The van der Waals surface area contributed by atoms with Gasteiger partial charge in [0, 0.05) is 43.5 Å². The maximum absolute atomic E-state index is 12.9. The highest BCUT2D eigenvalue weighted by molar-refractivity contribution is 8.18. The highest BCUT2D eigenvalue weighted by Crippen LogP contribution is 2.34. The average Bonchev–Trinajstić information content (AvgIpc) is 3.49. The van der Waals surface area contributed by atoms with Crippen molar-refractivity contribution in [2.45, 2.75) is 0 Å². The molecule has 2 aliphatic heterocycles. The number of benzene rings is 2. The molecule has 2 aliphatic rings. The monoisotopic (exact) mass is 517 g/mol. The smallest absolute Gasteiger partial charge is 0.336 e. The number of thioether (sulfide) groups is 1. The zero-order valence-corrected chi connectivity index (χ0v) is 20.5. The molecule has 0 bridgehead atoms. The Morgan fingerprint density at radius 3 is 2.35 bits per heavy atom. The van der Waals surface area contributed by atoms with E-state index < -0.39 is 17.1 Å². The summed E-state index contributed by atoms with van der Waals surface area (Å²) >= 11 is 0.742. The van der Waals surface area contributed by atoms with Gasteiger partial charge in [-0.15, -0.1) is 0 Å². The van der Waals surface area contributed by atoms with Crippen LogP contribution in [-0.4, -0.2) is 70.7 Å². The summed E-state index contributed by atoms with van der Waals surface area (Å²) in [6.07, 6.45) is 1.43. The van der Waals surface area contributed by atoms with Crippen LogP contribution in [0, 0.1) is 0 Å². The Balaban J connectivity index is 1.23. The molecule has 9 nitrogen and oxygen atoms in total. The molecule has 3 heterocycles. The Bertz CT molecular complexity index is 1390. The summed E-state index contributed by atoms with van der Waals surface area (Å²) in [5, 5.41) is 8.89. The summed E-state index contributed by atoms with van der Waals surface area (Å²) in [6.45, 7) is 2.04. The van der Waals surface area contributed by atoms with Crippen molar-refractivity contribution in [3.63, 3.8) is 0 Å². The van der Waals surface area contributed by atoms with Gasteiger partial charge in [0.1, 0.15) is 18.1 Å². The van der Waals surface area contributed by atoms with Gasteiger partial charge in [0.2, 0.25) is 5.91 Å². The van der Waals surface area contributed by atoms with E-state index in [-0.39, 0.29) is 22.9 Å². The molecule has 188 valence electrons. The van der Waals surface area contributed by atoms with Crippen molar-refractivity contribution in [2.75, 3.05) is 37.6 Å². The summed E-state index contributed by atoms with van der Waals surface area (Å²) in [4.78, 5) is 54.8. The standard InChI is InChI=1S/C27H23N3O6S/c31-24(29-14-12-28(13-15-29)18-6-2-1-3-7-18)17-30-25(32)23(37-27(30)35)16-19-10-11-22(36-19)20-8-4-5-9-21(20)26(33)34/h1-11,16H,12-15,17H2,(H,33,34)/b23-16-. The maximum atomic E-state index is 12.9. The van der Waals surface area contributed by atoms with Gasteiger partial charge >= 0.3 is 5.97 Å². The van der Waals surface area contributed by atoms with Gasteiger partial charge < -0.3 is 19.3 Å². The van der Waals surface area contributed by atoms with Crippen LogP contribution in [-0.2, 0) is 9.59 Å². The fraction of sp³-hybridized carbons (Fsp3) is 0.185. The van der Waals surface area contributed by atoms with Gasteiger partial charge in [-0.1, -0.05) is 36.4 Å². The zero-order valence-electron chi connectivity index (χ0n) is 19.7. The van der Waals surface area contributed by atoms with Crippen molar-refractivity contribution in [3.8, 4) is 11.3 Å². The number of carbonyl (C=O) groups is 4. The number of carboxylic acids is 1. The molecule has 0 saturated carbocycles. The lowest BCUT2D eigenvalue weighted by molar-refractivity contribution is -0.136. The summed E-state index contributed by atoms with van der Waals surface area (Å²) in [5.74, 6) is -1.30. The van der Waals surface area contributed by atoms with E-state index in [1.54, 1.807) is 35.2 Å². The van der Waals surface area contributed by atoms with E-state index in [1.165, 1.54) is 12.1 Å². The molecule has 3 amide bonds. The Hall–Kier alpha value is -4.31. The van der Waals surface area contributed by atoms with Crippen LogP contribution < -0.4 is 4.90 Å². The second-order valence-electron chi connectivity index (χ2n) is 8.52. The van der Waals surface area contributed by atoms with Crippen LogP contribution >= 0.6 is 11.8 Å². The number of carboxylic acid groups (broad SMARTS) is 1. The number of carbonyl (C=O) groups excluding carboxylic acids is 3. The van der Waals surface area contributed by atoms with Gasteiger partial charge in [-0.3, -0.25) is 19.3 Å². The molecular formula is C27H23N3O6S. The van der Waals surface area contributed by atoms with Crippen LogP contribution in [0.2, 0.25) is 0 Å². The van der Waals surface area contributed by atoms with Crippen LogP contribution in [0.5, 0.6) is 0 Å². The molecule has 2 aromatic carbocycles. The molecule has 2 saturated heterocycles. The SMILES string of the molecule is O=C(O)c1ccccc1-c1ccc(/C=C2\SC(=O)N(CC(=O)N3CCN(c4ccccc4)CC3)C2=O)o1. The Kier molecular flexibility index (Phi) is 6.82. The van der Waals surface area contributed by atoms with E-state index in [2.05, 4.69) is 4.90 Å². The molecule has 37 heavy (non-hydrogen) atoms. The molecule has 3 aromatic rings. The van der Waals surface area contributed by atoms with Crippen LogP contribution in [0.3, 0.4) is 0 Å². The minimum atomic E-state index is -1.08. The lowest BCUT2D eigenvalue weighted by Gasteiger charge is -2.36. The van der Waals surface area contributed by atoms with E-state index in [1.807, 2.05) is 30.3 Å². The summed E-state index contributed by atoms with van der Waals surface area (Å²) in [6, 6.07) is 19.6. The first-order valence-corrected chi connectivity index (χ1v) is 12.5. The number of amides is 3. The fourth-order valence-electron chi connectivity index (χ4n) is 4.31. The summed E-state index contributed by atoms with van der Waals surface area (Å²) in [5.41, 5.74) is 1.59. The number of nitrogens with zero attached hydrogens (tertiary/aromatic N) is 3. The highest BCUT2D eigenvalue weighted by Gasteiger charge is 2.37. The molecule has 2 fully saturated rings. The minimum Gasteiger partial charge on any atom is -0.478 e. The van der Waals surface area contributed by atoms with Gasteiger partial charge in [-0.25, -0.2) is 4.79 Å². The van der Waals surface area contributed by atoms with Crippen LogP contribution in [0.1, 0.15) is 16.1 Å². The highest BCUT2D eigenvalue weighted by atomic mass is 32.2. The molecule has 0 aliphatic carbocycles. The molecule has 0 radical (unpaired) electrons. The molecule has 1 N–H and O–H groups in total. The predicted octanol–water partition coefficient (Wildman–Crippen LogP) is 4.03. The van der Waals surface area contributed by atoms with Crippen LogP contribution in [0.15, 0.2) is 76.1 Å². The first-order chi connectivity index (χ1) is 17.9. The number of hydrogen-bond donors (Lipinski definition) is 1. The normalized spacial score (nSPS) is 17.1. The van der Waals surface area contributed by atoms with Crippen LogP contribution in [0.4, 0.5) is 10.5 Å². The second kappa shape index (κ2) is 10.4. The summed E-state index contributed by atoms with van der Waals surface area (Å²) in [7, 11) is 0. The quantitative estimate of drug-likeness (QED) is 0.488. The molecule has 0 atom stereocenters. The fourth-order valence-corrected chi connectivity index (χ4v) is 5.13. The maximum Gasteiger partial charge on any atom is 0.336 e. The lowest BCUT2D eigenvalue weighted by atomic mass is 10.1. The number of aromatic carboxylic acids is 1. The first-order valence-electron chi connectivity index (χ1n) is 11.7. The number of anilines is 1. The largest absolute Gasteiger partial charge is 0.478 e. The predicted molar refractivity (Wildman–Crippen MR) is 139 cm³/mol.